The van der Waals surface area contributed by atoms with E-state index in [-0.39, 0.29) is 24.7 Å². The van der Waals surface area contributed by atoms with E-state index < -0.39 is 12.7 Å². The van der Waals surface area contributed by atoms with Gasteiger partial charge in [0.25, 0.3) is 0 Å². The van der Waals surface area contributed by atoms with Gasteiger partial charge in [0, 0.05) is 24.7 Å². The Morgan fingerprint density at radius 1 is 1.59 bits per heavy atom. The second-order valence-corrected chi connectivity index (χ2v) is 3.11. The first-order valence-corrected chi connectivity index (χ1v) is 4.71. The number of nitrogens with zero attached hydrogens (tertiary/aromatic N) is 2. The van der Waals surface area contributed by atoms with Crippen molar-refractivity contribution in [3.8, 4) is 5.88 Å². The molecule has 1 N–H and O–H groups in total. The van der Waals surface area contributed by atoms with Crippen LogP contribution in [0.4, 0.5) is 13.6 Å². The van der Waals surface area contributed by atoms with Gasteiger partial charge in [0.1, 0.15) is 11.9 Å². The molecular formula is C9H10F2N3O3-. The Balaban J connectivity index is 2.65. The molecule has 0 aliphatic rings. The summed E-state index contributed by atoms with van der Waals surface area (Å²) in [7, 11) is 0. The van der Waals surface area contributed by atoms with Crippen LogP contribution in [0, 0.1) is 6.92 Å². The fraction of sp³-hybridized carbons (Fsp3) is 0.444. The summed E-state index contributed by atoms with van der Waals surface area (Å²) in [5, 5.41) is 12.1. The maximum atomic E-state index is 12.0. The predicted molar refractivity (Wildman–Crippen MR) is 50.5 cm³/mol. The van der Waals surface area contributed by atoms with Gasteiger partial charge in [-0.2, -0.15) is 13.8 Å². The lowest BCUT2D eigenvalue weighted by Crippen LogP contribution is -2.37. The average molecular weight is 246 g/mol. The van der Waals surface area contributed by atoms with Gasteiger partial charge in [0.2, 0.25) is 5.88 Å². The number of hydrogen-bond acceptors (Lipinski definition) is 5. The third-order valence-corrected chi connectivity index (χ3v) is 1.70. The normalized spacial score (nSPS) is 10.4. The number of ether oxygens (including phenoxy) is 1. The Hall–Kier alpha value is -1.99. The van der Waals surface area contributed by atoms with E-state index in [1.807, 2.05) is 5.32 Å². The van der Waals surface area contributed by atoms with Crippen LogP contribution in [0.3, 0.4) is 0 Å². The minimum Gasteiger partial charge on any atom is -0.530 e. The smallest absolute Gasteiger partial charge is 0.388 e. The molecule has 1 aromatic rings. The Kier molecular flexibility index (Phi) is 4.56. The van der Waals surface area contributed by atoms with Gasteiger partial charge in [-0.1, -0.05) is 0 Å². The van der Waals surface area contributed by atoms with Gasteiger partial charge in [-0.25, -0.2) is 4.98 Å². The van der Waals surface area contributed by atoms with Crippen LogP contribution in [-0.4, -0.2) is 29.2 Å². The molecule has 0 aliphatic heterocycles. The SMILES string of the molecule is Cc1cc(OC(F)F)nc(CCNC(=O)[O-])n1. The maximum absolute atomic E-state index is 12.0. The molecule has 1 aromatic heterocycles. The van der Waals surface area contributed by atoms with E-state index in [4.69, 9.17) is 0 Å². The van der Waals surface area contributed by atoms with Gasteiger partial charge in [-0.15, -0.1) is 0 Å². The van der Waals surface area contributed by atoms with Crippen molar-refractivity contribution in [2.45, 2.75) is 20.0 Å². The number of hydrogen-bond donors (Lipinski definition) is 1. The van der Waals surface area contributed by atoms with Crippen LogP contribution in [0.15, 0.2) is 6.07 Å². The van der Waals surface area contributed by atoms with Crippen LogP contribution in [-0.2, 0) is 6.42 Å². The number of carbonyl (C=O) groups excluding carboxylic acids is 1. The summed E-state index contributed by atoms with van der Waals surface area (Å²) >= 11 is 0. The minimum absolute atomic E-state index is 0.0416. The molecular weight excluding hydrogens is 236 g/mol. The number of carbonyl (C=O) groups is 1. The summed E-state index contributed by atoms with van der Waals surface area (Å²) in [5.74, 6) is -0.0228. The van der Waals surface area contributed by atoms with Crippen LogP contribution in [0.2, 0.25) is 0 Å². The number of nitrogens with one attached hydrogen (secondary N) is 1. The van der Waals surface area contributed by atoms with Crippen molar-refractivity contribution in [3.63, 3.8) is 0 Å². The first kappa shape index (κ1) is 13.1. The zero-order chi connectivity index (χ0) is 12.8. The molecule has 0 radical (unpaired) electrons. The van der Waals surface area contributed by atoms with Crippen molar-refractivity contribution in [2.75, 3.05) is 6.54 Å². The van der Waals surface area contributed by atoms with E-state index in [2.05, 4.69) is 14.7 Å². The number of carboxylic acid groups (broad SMARTS) is 1. The highest BCUT2D eigenvalue weighted by Crippen LogP contribution is 2.12. The van der Waals surface area contributed by atoms with Crippen molar-refractivity contribution in [3.05, 3.63) is 17.6 Å². The molecule has 0 aromatic carbocycles. The van der Waals surface area contributed by atoms with Gasteiger partial charge in [0.05, 0.1) is 0 Å². The van der Waals surface area contributed by atoms with Gasteiger partial charge in [-0.05, 0) is 6.92 Å². The highest BCUT2D eigenvalue weighted by Gasteiger charge is 2.08. The molecule has 1 rings (SSSR count). The average Bonchev–Trinajstić information content (AvgIpc) is 2.14. The number of aromatic nitrogens is 2. The van der Waals surface area contributed by atoms with Gasteiger partial charge >= 0.3 is 6.61 Å². The molecule has 17 heavy (non-hydrogen) atoms. The second kappa shape index (κ2) is 5.92. The molecule has 0 bridgehead atoms. The summed E-state index contributed by atoms with van der Waals surface area (Å²) in [6, 6.07) is 1.27. The van der Waals surface area contributed by atoms with Crippen LogP contribution < -0.4 is 15.2 Å². The monoisotopic (exact) mass is 246 g/mol. The Morgan fingerprint density at radius 3 is 2.88 bits per heavy atom. The van der Waals surface area contributed by atoms with E-state index in [0.717, 1.165) is 0 Å². The van der Waals surface area contributed by atoms with Crippen LogP contribution in [0.5, 0.6) is 5.88 Å². The third kappa shape index (κ3) is 5.05. The third-order valence-electron chi connectivity index (χ3n) is 1.70. The highest BCUT2D eigenvalue weighted by molar-refractivity contribution is 5.61. The highest BCUT2D eigenvalue weighted by atomic mass is 19.3. The largest absolute Gasteiger partial charge is 0.530 e. The summed E-state index contributed by atoms with van der Waals surface area (Å²) in [5.41, 5.74) is 0.458. The number of aryl methyl sites for hydroxylation is 1. The standard InChI is InChI=1S/C9H11F2N3O3/c1-5-4-7(17-8(10)11)14-6(13-5)2-3-12-9(15)16/h4,8,12H,2-3H2,1H3,(H,15,16)/p-1. The lowest BCUT2D eigenvalue weighted by Gasteiger charge is -2.08. The van der Waals surface area contributed by atoms with Crippen molar-refractivity contribution in [2.24, 2.45) is 0 Å². The van der Waals surface area contributed by atoms with Gasteiger partial charge < -0.3 is 20.0 Å². The lowest BCUT2D eigenvalue weighted by atomic mass is 10.3. The van der Waals surface area contributed by atoms with Crippen molar-refractivity contribution in [1.29, 1.82) is 0 Å². The van der Waals surface area contributed by atoms with Crippen molar-refractivity contribution < 1.29 is 23.4 Å². The molecule has 8 heteroatoms. The molecule has 1 heterocycles. The summed E-state index contributed by atoms with van der Waals surface area (Å²) in [6.07, 6.45) is -1.25. The Bertz CT molecular complexity index is 401. The molecule has 0 atom stereocenters. The molecule has 0 fully saturated rings. The zero-order valence-corrected chi connectivity index (χ0v) is 8.94. The number of amides is 1. The fourth-order valence-electron chi connectivity index (χ4n) is 1.14. The van der Waals surface area contributed by atoms with Crippen molar-refractivity contribution in [1.82, 2.24) is 15.3 Å². The Morgan fingerprint density at radius 2 is 2.29 bits per heavy atom. The Labute approximate surface area is 95.6 Å². The number of halogens is 2. The molecule has 0 saturated carbocycles. The fourth-order valence-corrected chi connectivity index (χ4v) is 1.14. The summed E-state index contributed by atoms with van der Waals surface area (Å²) in [4.78, 5) is 17.7. The van der Waals surface area contributed by atoms with Crippen LogP contribution in [0.25, 0.3) is 0 Å². The van der Waals surface area contributed by atoms with E-state index >= 15 is 0 Å². The van der Waals surface area contributed by atoms with Gasteiger partial charge in [0.15, 0.2) is 0 Å². The van der Waals surface area contributed by atoms with Gasteiger partial charge in [-0.3, -0.25) is 0 Å². The molecule has 1 amide bonds. The molecule has 94 valence electrons. The molecule has 0 saturated heterocycles. The van der Waals surface area contributed by atoms with Crippen molar-refractivity contribution >= 4 is 6.09 Å². The zero-order valence-electron chi connectivity index (χ0n) is 8.94. The molecule has 0 aliphatic carbocycles. The number of alkyl halides is 2. The minimum atomic E-state index is -2.96. The molecule has 0 unspecified atom stereocenters. The van der Waals surface area contributed by atoms with Crippen LogP contribution in [0.1, 0.15) is 11.5 Å². The summed E-state index contributed by atoms with van der Waals surface area (Å²) in [6.45, 7) is -1.33. The first-order chi connectivity index (χ1) is 7.97. The first-order valence-electron chi connectivity index (χ1n) is 4.71. The van der Waals surface area contributed by atoms with E-state index in [0.29, 0.717) is 5.69 Å². The van der Waals surface area contributed by atoms with E-state index in [9.17, 15) is 18.7 Å². The van der Waals surface area contributed by atoms with E-state index in [1.165, 1.54) is 6.07 Å². The summed E-state index contributed by atoms with van der Waals surface area (Å²) < 4.78 is 28.1. The predicted octanol–water partition coefficient (Wildman–Crippen LogP) is -0.138. The maximum Gasteiger partial charge on any atom is 0.388 e. The molecule has 0 spiro atoms. The second-order valence-electron chi connectivity index (χ2n) is 3.11. The number of rotatable bonds is 5. The lowest BCUT2D eigenvalue weighted by molar-refractivity contribution is -0.250. The molecule has 6 nitrogen and oxygen atoms in total. The quantitative estimate of drug-likeness (QED) is 0.781. The van der Waals surface area contributed by atoms with Crippen LogP contribution >= 0.6 is 0 Å². The topological polar surface area (TPSA) is 87.2 Å². The van der Waals surface area contributed by atoms with E-state index in [1.54, 1.807) is 6.92 Å².